The number of nitrogens with zero attached hydrogens (tertiary/aromatic N) is 2. The van der Waals surface area contributed by atoms with Gasteiger partial charge in [0.1, 0.15) is 10.7 Å². The van der Waals surface area contributed by atoms with Crippen molar-refractivity contribution in [2.45, 2.75) is 6.92 Å². The molecule has 4 N–H and O–H groups in total. The van der Waals surface area contributed by atoms with Crippen molar-refractivity contribution in [2.24, 2.45) is 11.5 Å². The van der Waals surface area contributed by atoms with Crippen LogP contribution >= 0.6 is 12.2 Å². The van der Waals surface area contributed by atoms with Crippen molar-refractivity contribution < 1.29 is 4.79 Å². The van der Waals surface area contributed by atoms with Crippen LogP contribution in [0.4, 0.5) is 5.69 Å². The number of anilines is 1. The van der Waals surface area contributed by atoms with E-state index in [4.69, 9.17) is 23.7 Å². The number of nitrogens with two attached hydrogens (primary N) is 2. The Morgan fingerprint density at radius 2 is 2.25 bits per heavy atom. The van der Waals surface area contributed by atoms with Gasteiger partial charge in [0.2, 0.25) is 5.91 Å². The summed E-state index contributed by atoms with van der Waals surface area (Å²) < 4.78 is 0. The second-order valence-corrected chi connectivity index (χ2v) is 3.66. The Labute approximate surface area is 99.4 Å². The van der Waals surface area contributed by atoms with Crippen LogP contribution in [0, 0.1) is 0 Å². The normalized spacial score (nSPS) is 9.81. The lowest BCUT2D eigenvalue weighted by molar-refractivity contribution is -0.116. The highest BCUT2D eigenvalue weighted by atomic mass is 32.1. The molecule has 0 aliphatic carbocycles. The summed E-state index contributed by atoms with van der Waals surface area (Å²) in [4.78, 5) is 17.0. The Bertz CT molecular complexity index is 408. The van der Waals surface area contributed by atoms with Crippen LogP contribution in [0.25, 0.3) is 0 Å². The monoisotopic (exact) mass is 238 g/mol. The molecule has 0 radical (unpaired) electrons. The van der Waals surface area contributed by atoms with E-state index in [1.54, 1.807) is 17.2 Å². The Morgan fingerprint density at radius 3 is 2.75 bits per heavy atom. The fourth-order valence-electron chi connectivity index (χ4n) is 1.40. The summed E-state index contributed by atoms with van der Waals surface area (Å²) >= 11 is 4.90. The van der Waals surface area contributed by atoms with Crippen LogP contribution in [0.15, 0.2) is 18.3 Å². The minimum absolute atomic E-state index is 0.123. The van der Waals surface area contributed by atoms with Crippen molar-refractivity contribution in [3.63, 3.8) is 0 Å². The Morgan fingerprint density at radius 1 is 1.56 bits per heavy atom. The van der Waals surface area contributed by atoms with E-state index in [1.807, 2.05) is 13.0 Å². The fraction of sp³-hybridized carbons (Fsp3) is 0.300. The SMILES string of the molecule is CCN(CC(N)=O)c1cccnc1C(N)=S. The fourth-order valence-corrected chi connectivity index (χ4v) is 1.55. The van der Waals surface area contributed by atoms with Crippen LogP contribution < -0.4 is 16.4 Å². The first-order valence-electron chi connectivity index (χ1n) is 4.84. The van der Waals surface area contributed by atoms with Crippen LogP contribution in [0.2, 0.25) is 0 Å². The number of carbonyl (C=O) groups is 1. The predicted molar refractivity (Wildman–Crippen MR) is 67.2 cm³/mol. The topological polar surface area (TPSA) is 85.2 Å². The average Bonchev–Trinajstić information content (AvgIpc) is 2.25. The van der Waals surface area contributed by atoms with Crippen LogP contribution in [0.3, 0.4) is 0 Å². The maximum atomic E-state index is 10.9. The van der Waals surface area contributed by atoms with Gasteiger partial charge in [0.15, 0.2) is 0 Å². The lowest BCUT2D eigenvalue weighted by Gasteiger charge is -2.23. The third-order valence-electron chi connectivity index (χ3n) is 2.09. The molecule has 1 rings (SSSR count). The van der Waals surface area contributed by atoms with Crippen molar-refractivity contribution in [3.8, 4) is 0 Å². The zero-order valence-electron chi connectivity index (χ0n) is 9.01. The largest absolute Gasteiger partial charge is 0.388 e. The van der Waals surface area contributed by atoms with E-state index in [1.165, 1.54) is 0 Å². The van der Waals surface area contributed by atoms with Crippen molar-refractivity contribution >= 4 is 28.8 Å². The molecular weight excluding hydrogens is 224 g/mol. The van der Waals surface area contributed by atoms with Gasteiger partial charge in [-0.25, -0.2) is 0 Å². The van der Waals surface area contributed by atoms with Crippen LogP contribution in [-0.2, 0) is 4.79 Å². The molecule has 0 saturated heterocycles. The van der Waals surface area contributed by atoms with E-state index in [9.17, 15) is 4.79 Å². The van der Waals surface area contributed by atoms with E-state index >= 15 is 0 Å². The van der Waals surface area contributed by atoms with Crippen LogP contribution in [0.5, 0.6) is 0 Å². The molecule has 1 aromatic heterocycles. The Hall–Kier alpha value is -1.69. The first-order chi connectivity index (χ1) is 7.56. The molecule has 0 saturated carbocycles. The molecule has 0 aromatic carbocycles. The molecule has 6 heteroatoms. The summed E-state index contributed by atoms with van der Waals surface area (Å²) in [5, 5.41) is 0. The predicted octanol–water partition coefficient (Wildman–Crippen LogP) is 0.0274. The maximum absolute atomic E-state index is 10.9. The lowest BCUT2D eigenvalue weighted by Crippen LogP contribution is -2.35. The minimum atomic E-state index is -0.403. The van der Waals surface area contributed by atoms with Gasteiger partial charge >= 0.3 is 0 Å². The van der Waals surface area contributed by atoms with E-state index < -0.39 is 5.91 Å². The number of thiocarbonyl (C=S) groups is 1. The number of likely N-dealkylation sites (N-methyl/N-ethyl adjacent to an activating group) is 1. The van der Waals surface area contributed by atoms with E-state index in [2.05, 4.69) is 4.98 Å². The lowest BCUT2D eigenvalue weighted by atomic mass is 10.2. The third kappa shape index (κ3) is 2.90. The summed E-state index contributed by atoms with van der Waals surface area (Å²) in [7, 11) is 0. The second-order valence-electron chi connectivity index (χ2n) is 3.22. The quantitative estimate of drug-likeness (QED) is 0.707. The van der Waals surface area contributed by atoms with Crippen molar-refractivity contribution in [2.75, 3.05) is 18.0 Å². The summed E-state index contributed by atoms with van der Waals surface area (Å²) in [5.74, 6) is -0.403. The molecular formula is C10H14N4OS. The summed E-state index contributed by atoms with van der Waals surface area (Å²) in [6.45, 7) is 2.67. The first-order valence-corrected chi connectivity index (χ1v) is 5.25. The van der Waals surface area contributed by atoms with Gasteiger partial charge < -0.3 is 16.4 Å². The highest BCUT2D eigenvalue weighted by molar-refractivity contribution is 7.80. The molecule has 1 amide bonds. The number of amides is 1. The molecule has 5 nitrogen and oxygen atoms in total. The molecule has 1 aromatic rings. The molecule has 0 spiro atoms. The number of pyridine rings is 1. The standard InChI is InChI=1S/C10H14N4OS/c1-2-14(6-8(11)15)7-4-3-5-13-9(7)10(12)16/h3-5H,2,6H2,1H3,(H2,11,15)(H2,12,16). The number of hydrogen-bond acceptors (Lipinski definition) is 4. The molecule has 0 aliphatic rings. The van der Waals surface area contributed by atoms with E-state index in [-0.39, 0.29) is 11.5 Å². The molecule has 86 valence electrons. The smallest absolute Gasteiger partial charge is 0.236 e. The van der Waals surface area contributed by atoms with Gasteiger partial charge in [-0.05, 0) is 19.1 Å². The zero-order valence-corrected chi connectivity index (χ0v) is 9.83. The van der Waals surface area contributed by atoms with Gasteiger partial charge in [0.25, 0.3) is 0 Å². The second kappa shape index (κ2) is 5.41. The Balaban J connectivity index is 3.08. The zero-order chi connectivity index (χ0) is 12.1. The molecule has 1 heterocycles. The molecule has 0 unspecified atom stereocenters. The number of carbonyl (C=O) groups excluding carboxylic acids is 1. The van der Waals surface area contributed by atoms with E-state index in [0.29, 0.717) is 12.2 Å². The molecule has 0 atom stereocenters. The van der Waals surface area contributed by atoms with Gasteiger partial charge in [-0.15, -0.1) is 0 Å². The van der Waals surface area contributed by atoms with Crippen LogP contribution in [0.1, 0.15) is 12.6 Å². The van der Waals surface area contributed by atoms with Crippen LogP contribution in [-0.4, -0.2) is 29.0 Å². The minimum Gasteiger partial charge on any atom is -0.388 e. The van der Waals surface area contributed by atoms with Crippen molar-refractivity contribution in [1.82, 2.24) is 4.98 Å². The summed E-state index contributed by atoms with van der Waals surface area (Å²) in [6, 6.07) is 3.58. The highest BCUT2D eigenvalue weighted by Gasteiger charge is 2.13. The van der Waals surface area contributed by atoms with Crippen molar-refractivity contribution in [3.05, 3.63) is 24.0 Å². The van der Waals surface area contributed by atoms with Gasteiger partial charge in [-0.3, -0.25) is 9.78 Å². The Kier molecular flexibility index (Phi) is 4.19. The van der Waals surface area contributed by atoms with Gasteiger partial charge in [0, 0.05) is 12.7 Å². The average molecular weight is 238 g/mol. The first kappa shape index (κ1) is 12.4. The number of aromatic nitrogens is 1. The molecule has 0 fully saturated rings. The maximum Gasteiger partial charge on any atom is 0.236 e. The molecule has 0 bridgehead atoms. The third-order valence-corrected chi connectivity index (χ3v) is 2.28. The number of rotatable bonds is 5. The highest BCUT2D eigenvalue weighted by Crippen LogP contribution is 2.17. The van der Waals surface area contributed by atoms with E-state index in [0.717, 1.165) is 5.69 Å². The summed E-state index contributed by atoms with van der Waals surface area (Å²) in [6.07, 6.45) is 1.61. The summed E-state index contributed by atoms with van der Waals surface area (Å²) in [5.41, 5.74) is 12.0. The van der Waals surface area contributed by atoms with Crippen molar-refractivity contribution in [1.29, 1.82) is 0 Å². The van der Waals surface area contributed by atoms with Gasteiger partial charge in [-0.1, -0.05) is 12.2 Å². The van der Waals surface area contributed by atoms with Gasteiger partial charge in [-0.2, -0.15) is 0 Å². The molecule has 0 aliphatic heterocycles. The number of primary amides is 1. The number of hydrogen-bond donors (Lipinski definition) is 2. The van der Waals surface area contributed by atoms with Gasteiger partial charge in [0.05, 0.1) is 12.2 Å². The molecule has 16 heavy (non-hydrogen) atoms.